The molecule has 0 spiro atoms. The van der Waals surface area contributed by atoms with E-state index in [1.165, 1.54) is 0 Å². The van der Waals surface area contributed by atoms with Crippen LogP contribution in [0.2, 0.25) is 0 Å². The second-order valence-electron chi connectivity index (χ2n) is 4.52. The van der Waals surface area contributed by atoms with Crippen LogP contribution >= 0.6 is 0 Å². The molecule has 2 atom stereocenters. The SMILES string of the molecule is CC(C)[C@H]1CN[C@@H](C(C)C)CN1.[Li].[Li]. The first kappa shape index (κ1) is 17.5. The molecule has 1 fully saturated rings. The van der Waals surface area contributed by atoms with Gasteiger partial charge in [-0.05, 0) is 11.8 Å². The van der Waals surface area contributed by atoms with Crippen LogP contribution in [0.1, 0.15) is 27.7 Å². The Labute approximate surface area is 113 Å². The van der Waals surface area contributed by atoms with Crippen LogP contribution in [0.3, 0.4) is 0 Å². The first-order valence-corrected chi connectivity index (χ1v) is 5.08. The Bertz CT molecular complexity index is 116. The average molecular weight is 184 g/mol. The molecule has 2 radical (unpaired) electrons. The van der Waals surface area contributed by atoms with Gasteiger partial charge in [0.15, 0.2) is 0 Å². The number of rotatable bonds is 2. The van der Waals surface area contributed by atoms with Crippen molar-refractivity contribution >= 4 is 37.7 Å². The van der Waals surface area contributed by atoms with Crippen LogP contribution in [0, 0.1) is 11.8 Å². The molecule has 1 saturated heterocycles. The quantitative estimate of drug-likeness (QED) is 0.609. The minimum absolute atomic E-state index is 0. The first-order valence-electron chi connectivity index (χ1n) is 5.08. The summed E-state index contributed by atoms with van der Waals surface area (Å²) in [6, 6.07) is 1.33. The molecule has 1 aliphatic rings. The fourth-order valence-corrected chi connectivity index (χ4v) is 1.64. The Morgan fingerprint density at radius 1 is 0.786 bits per heavy atom. The topological polar surface area (TPSA) is 24.1 Å². The van der Waals surface area contributed by atoms with Gasteiger partial charge in [-0.3, -0.25) is 0 Å². The molecule has 2 nitrogen and oxygen atoms in total. The van der Waals surface area contributed by atoms with Gasteiger partial charge >= 0.3 is 0 Å². The van der Waals surface area contributed by atoms with Crippen molar-refractivity contribution in [1.29, 1.82) is 0 Å². The maximum absolute atomic E-state index is 3.59. The molecule has 1 heterocycles. The van der Waals surface area contributed by atoms with Crippen molar-refractivity contribution in [3.8, 4) is 0 Å². The van der Waals surface area contributed by atoms with Gasteiger partial charge in [-0.1, -0.05) is 27.7 Å². The Morgan fingerprint density at radius 2 is 1.07 bits per heavy atom. The maximum Gasteiger partial charge on any atom is 0.0216 e. The smallest absolute Gasteiger partial charge is 0.0216 e. The fourth-order valence-electron chi connectivity index (χ4n) is 1.64. The normalized spacial score (nSPS) is 27.0. The Kier molecular flexibility index (Phi) is 10.4. The van der Waals surface area contributed by atoms with Crippen LogP contribution in [0.5, 0.6) is 0 Å². The summed E-state index contributed by atoms with van der Waals surface area (Å²) in [6.07, 6.45) is 0. The molecule has 0 aromatic heterocycles. The van der Waals surface area contributed by atoms with Gasteiger partial charge in [-0.15, -0.1) is 0 Å². The zero-order valence-electron chi connectivity index (χ0n) is 10.7. The minimum Gasteiger partial charge on any atom is -0.311 e. The number of hydrogen-bond donors (Lipinski definition) is 2. The van der Waals surface area contributed by atoms with Crippen molar-refractivity contribution in [1.82, 2.24) is 10.6 Å². The van der Waals surface area contributed by atoms with Gasteiger partial charge in [-0.25, -0.2) is 0 Å². The average Bonchev–Trinajstić information content (AvgIpc) is 2.04. The summed E-state index contributed by atoms with van der Waals surface area (Å²) in [7, 11) is 0. The van der Waals surface area contributed by atoms with Crippen molar-refractivity contribution in [3.63, 3.8) is 0 Å². The van der Waals surface area contributed by atoms with E-state index in [1.54, 1.807) is 0 Å². The van der Waals surface area contributed by atoms with Crippen LogP contribution in [0.4, 0.5) is 0 Å². The Morgan fingerprint density at radius 3 is 1.21 bits per heavy atom. The van der Waals surface area contributed by atoms with E-state index in [1.807, 2.05) is 0 Å². The molecule has 1 aliphatic heterocycles. The molecule has 0 aromatic rings. The van der Waals surface area contributed by atoms with Crippen LogP contribution in [0.15, 0.2) is 0 Å². The largest absolute Gasteiger partial charge is 0.311 e. The maximum atomic E-state index is 3.59. The van der Waals surface area contributed by atoms with Crippen molar-refractivity contribution in [3.05, 3.63) is 0 Å². The molecule has 4 heteroatoms. The van der Waals surface area contributed by atoms with E-state index in [0.717, 1.165) is 24.9 Å². The zero-order valence-corrected chi connectivity index (χ0v) is 10.7. The van der Waals surface area contributed by atoms with Gasteiger partial charge in [0.2, 0.25) is 0 Å². The summed E-state index contributed by atoms with van der Waals surface area (Å²) in [5, 5.41) is 7.17. The van der Waals surface area contributed by atoms with Crippen LogP contribution < -0.4 is 10.6 Å². The van der Waals surface area contributed by atoms with Gasteiger partial charge in [0.1, 0.15) is 0 Å². The van der Waals surface area contributed by atoms with E-state index in [4.69, 9.17) is 0 Å². The predicted octanol–water partition coefficient (Wildman–Crippen LogP) is 0.467. The molecular formula is C10H22Li2N2. The standard InChI is InChI=1S/C10H22N2.2Li/c1-7(2)9-5-12-10(6-11-9)8(3)4;;/h7-12H,5-6H2,1-4H3;;/t9-,10-;;/m1../s1. The van der Waals surface area contributed by atoms with Gasteiger partial charge < -0.3 is 10.6 Å². The zero-order chi connectivity index (χ0) is 9.14. The fraction of sp³-hybridized carbons (Fsp3) is 1.00. The monoisotopic (exact) mass is 184 g/mol. The molecule has 0 bridgehead atoms. The Balaban J connectivity index is 0. The van der Waals surface area contributed by atoms with E-state index in [2.05, 4.69) is 38.3 Å². The second kappa shape index (κ2) is 8.29. The second-order valence-corrected chi connectivity index (χ2v) is 4.52. The van der Waals surface area contributed by atoms with Crippen LogP contribution in [-0.2, 0) is 0 Å². The molecular weight excluding hydrogens is 162 g/mol. The summed E-state index contributed by atoms with van der Waals surface area (Å²) in [4.78, 5) is 0. The summed E-state index contributed by atoms with van der Waals surface area (Å²) in [5.41, 5.74) is 0. The molecule has 0 amide bonds. The van der Waals surface area contributed by atoms with E-state index < -0.39 is 0 Å². The predicted molar refractivity (Wildman–Crippen MR) is 64.8 cm³/mol. The van der Waals surface area contributed by atoms with Crippen molar-refractivity contribution < 1.29 is 0 Å². The van der Waals surface area contributed by atoms with E-state index in [0.29, 0.717) is 12.1 Å². The molecule has 14 heavy (non-hydrogen) atoms. The molecule has 2 N–H and O–H groups in total. The molecule has 0 aliphatic carbocycles. The van der Waals surface area contributed by atoms with Crippen molar-refractivity contribution in [2.24, 2.45) is 11.8 Å². The third-order valence-corrected chi connectivity index (χ3v) is 2.81. The van der Waals surface area contributed by atoms with E-state index >= 15 is 0 Å². The molecule has 0 saturated carbocycles. The molecule has 74 valence electrons. The van der Waals surface area contributed by atoms with Crippen LogP contribution in [-0.4, -0.2) is 62.9 Å². The van der Waals surface area contributed by atoms with Gasteiger partial charge in [0, 0.05) is 62.9 Å². The summed E-state index contributed by atoms with van der Waals surface area (Å²) >= 11 is 0. The third-order valence-electron chi connectivity index (χ3n) is 2.81. The van der Waals surface area contributed by atoms with E-state index in [9.17, 15) is 0 Å². The first-order chi connectivity index (χ1) is 5.61. The van der Waals surface area contributed by atoms with Gasteiger partial charge in [-0.2, -0.15) is 0 Å². The molecule has 1 rings (SSSR count). The van der Waals surface area contributed by atoms with Crippen LogP contribution in [0.25, 0.3) is 0 Å². The summed E-state index contributed by atoms with van der Waals surface area (Å²) in [6.45, 7) is 11.3. The number of hydrogen-bond acceptors (Lipinski definition) is 2. The minimum atomic E-state index is 0. The van der Waals surface area contributed by atoms with Gasteiger partial charge in [0.05, 0.1) is 0 Å². The summed E-state index contributed by atoms with van der Waals surface area (Å²) in [5.74, 6) is 1.48. The Hall–Kier alpha value is 1.11. The van der Waals surface area contributed by atoms with E-state index in [-0.39, 0.29) is 37.7 Å². The van der Waals surface area contributed by atoms with Crippen molar-refractivity contribution in [2.75, 3.05) is 13.1 Å². The number of piperazine rings is 1. The summed E-state index contributed by atoms with van der Waals surface area (Å²) < 4.78 is 0. The van der Waals surface area contributed by atoms with Crippen molar-refractivity contribution in [2.45, 2.75) is 39.8 Å². The van der Waals surface area contributed by atoms with Gasteiger partial charge in [0.25, 0.3) is 0 Å². The molecule has 0 unspecified atom stereocenters. The third kappa shape index (κ3) is 5.27. The number of nitrogens with one attached hydrogen (secondary N) is 2. The molecule has 0 aromatic carbocycles.